The number of benzene rings is 2. The van der Waals surface area contributed by atoms with Gasteiger partial charge in [-0.25, -0.2) is 0 Å². The van der Waals surface area contributed by atoms with Crippen molar-refractivity contribution in [3.05, 3.63) is 88.2 Å². The van der Waals surface area contributed by atoms with Crippen LogP contribution in [0.4, 0.5) is 11.4 Å². The van der Waals surface area contributed by atoms with Gasteiger partial charge >= 0.3 is 0 Å². The molecule has 0 bridgehead atoms. The molecule has 0 radical (unpaired) electrons. The standard InChI is InChI=1S/C22H21N3O5/c1-29-20-12-18(13-21(14-20)30-2)23-22(26)15-24-9-7-17(8-10-24)11-16-3-5-19(6-4-16)25(27)28/h3-10,12-14H,11,15H2,1-2H3/p+1. The Morgan fingerprint density at radius 3 is 2.07 bits per heavy atom. The van der Waals surface area contributed by atoms with Gasteiger partial charge in [0.1, 0.15) is 11.5 Å². The van der Waals surface area contributed by atoms with E-state index in [1.807, 2.05) is 24.5 Å². The minimum Gasteiger partial charge on any atom is -0.497 e. The zero-order chi connectivity index (χ0) is 21.5. The van der Waals surface area contributed by atoms with Gasteiger partial charge in [-0.2, -0.15) is 4.57 Å². The van der Waals surface area contributed by atoms with E-state index in [0.717, 1.165) is 11.1 Å². The molecule has 0 atom stereocenters. The maximum absolute atomic E-state index is 12.4. The number of amides is 1. The first-order valence-electron chi connectivity index (χ1n) is 9.21. The molecule has 3 aromatic rings. The summed E-state index contributed by atoms with van der Waals surface area (Å²) in [5.41, 5.74) is 2.68. The zero-order valence-electron chi connectivity index (χ0n) is 16.7. The Kier molecular flexibility index (Phi) is 6.59. The molecule has 154 valence electrons. The summed E-state index contributed by atoms with van der Waals surface area (Å²) < 4.78 is 12.2. The first-order valence-corrected chi connectivity index (χ1v) is 9.21. The molecular formula is C22H22N3O5+. The fourth-order valence-electron chi connectivity index (χ4n) is 2.93. The molecule has 3 rings (SSSR count). The molecule has 1 aromatic heterocycles. The largest absolute Gasteiger partial charge is 0.497 e. The fraction of sp³-hybridized carbons (Fsp3) is 0.182. The van der Waals surface area contributed by atoms with Crippen molar-refractivity contribution in [3.8, 4) is 11.5 Å². The van der Waals surface area contributed by atoms with Crippen LogP contribution in [0.25, 0.3) is 0 Å². The molecule has 30 heavy (non-hydrogen) atoms. The number of nitrogens with one attached hydrogen (secondary N) is 1. The van der Waals surface area contributed by atoms with E-state index < -0.39 is 4.92 Å². The van der Waals surface area contributed by atoms with Crippen LogP contribution < -0.4 is 19.4 Å². The van der Waals surface area contributed by atoms with E-state index in [9.17, 15) is 14.9 Å². The molecule has 0 unspecified atom stereocenters. The average Bonchev–Trinajstić information content (AvgIpc) is 2.75. The Labute approximate surface area is 173 Å². The molecule has 0 saturated carbocycles. The number of ether oxygens (including phenoxy) is 2. The van der Waals surface area contributed by atoms with Gasteiger partial charge < -0.3 is 14.8 Å². The van der Waals surface area contributed by atoms with Crippen LogP contribution in [-0.4, -0.2) is 25.1 Å². The molecule has 2 aromatic carbocycles. The number of methoxy groups -OCH3 is 2. The second kappa shape index (κ2) is 9.51. The maximum atomic E-state index is 12.4. The third kappa shape index (κ3) is 5.54. The van der Waals surface area contributed by atoms with Crippen molar-refractivity contribution in [3.63, 3.8) is 0 Å². The van der Waals surface area contributed by atoms with E-state index in [1.165, 1.54) is 12.1 Å². The predicted molar refractivity (Wildman–Crippen MR) is 111 cm³/mol. The number of nitro groups is 1. The van der Waals surface area contributed by atoms with E-state index in [2.05, 4.69) is 5.32 Å². The van der Waals surface area contributed by atoms with Gasteiger partial charge in [0.05, 0.1) is 19.1 Å². The quantitative estimate of drug-likeness (QED) is 0.351. The van der Waals surface area contributed by atoms with Crippen LogP contribution in [0.15, 0.2) is 67.0 Å². The third-order valence-electron chi connectivity index (χ3n) is 4.48. The summed E-state index contributed by atoms with van der Waals surface area (Å²) in [7, 11) is 3.10. The van der Waals surface area contributed by atoms with Gasteiger partial charge in [0, 0.05) is 48.2 Å². The normalized spacial score (nSPS) is 10.3. The van der Waals surface area contributed by atoms with Crippen LogP contribution in [-0.2, 0) is 17.8 Å². The number of anilines is 1. The first-order chi connectivity index (χ1) is 14.5. The maximum Gasteiger partial charge on any atom is 0.290 e. The van der Waals surface area contributed by atoms with Gasteiger partial charge in [-0.1, -0.05) is 12.1 Å². The number of non-ortho nitro benzene ring substituents is 1. The molecule has 1 N–H and O–H groups in total. The number of nitro benzene ring substituents is 1. The topological polar surface area (TPSA) is 94.6 Å². The van der Waals surface area contributed by atoms with E-state index in [4.69, 9.17) is 9.47 Å². The number of aromatic nitrogens is 1. The lowest BCUT2D eigenvalue weighted by Crippen LogP contribution is -2.39. The lowest BCUT2D eigenvalue weighted by molar-refractivity contribution is -0.684. The van der Waals surface area contributed by atoms with E-state index in [1.54, 1.807) is 49.1 Å². The van der Waals surface area contributed by atoms with Crippen molar-refractivity contribution in [1.82, 2.24) is 0 Å². The highest BCUT2D eigenvalue weighted by molar-refractivity contribution is 5.90. The lowest BCUT2D eigenvalue weighted by Gasteiger charge is -2.09. The van der Waals surface area contributed by atoms with Crippen molar-refractivity contribution in [2.45, 2.75) is 13.0 Å². The molecule has 0 aliphatic rings. The number of rotatable bonds is 8. The van der Waals surface area contributed by atoms with E-state index in [0.29, 0.717) is 23.6 Å². The van der Waals surface area contributed by atoms with Gasteiger partial charge in [-0.15, -0.1) is 0 Å². The molecule has 8 nitrogen and oxygen atoms in total. The summed E-state index contributed by atoms with van der Waals surface area (Å²) in [6.45, 7) is 0.150. The average molecular weight is 408 g/mol. The Hall–Kier alpha value is -3.94. The molecule has 0 fully saturated rings. The lowest BCUT2D eigenvalue weighted by atomic mass is 10.1. The number of carbonyl (C=O) groups excluding carboxylic acids is 1. The molecule has 0 saturated heterocycles. The minimum atomic E-state index is -0.415. The van der Waals surface area contributed by atoms with Gasteiger partial charge in [0.2, 0.25) is 6.54 Å². The minimum absolute atomic E-state index is 0.0734. The molecule has 0 spiro atoms. The number of carbonyl (C=O) groups is 1. The van der Waals surface area contributed by atoms with Gasteiger partial charge in [0.15, 0.2) is 12.4 Å². The van der Waals surface area contributed by atoms with Crippen LogP contribution in [0.1, 0.15) is 11.1 Å². The highest BCUT2D eigenvalue weighted by Crippen LogP contribution is 2.25. The molecule has 0 aliphatic heterocycles. The fourth-order valence-corrected chi connectivity index (χ4v) is 2.93. The van der Waals surface area contributed by atoms with Crippen LogP contribution >= 0.6 is 0 Å². The van der Waals surface area contributed by atoms with Crippen molar-refractivity contribution in [1.29, 1.82) is 0 Å². The monoisotopic (exact) mass is 408 g/mol. The SMILES string of the molecule is COc1cc(NC(=O)C[n+]2ccc(Cc3ccc([N+](=O)[O-])cc3)cc2)cc(OC)c1. The number of hydrogen-bond acceptors (Lipinski definition) is 5. The predicted octanol–water partition coefficient (Wildman–Crippen LogP) is 3.13. The van der Waals surface area contributed by atoms with Crippen LogP contribution in [0.5, 0.6) is 11.5 Å². The highest BCUT2D eigenvalue weighted by atomic mass is 16.6. The third-order valence-corrected chi connectivity index (χ3v) is 4.48. The van der Waals surface area contributed by atoms with Gasteiger partial charge in [-0.05, 0) is 17.5 Å². The number of hydrogen-bond donors (Lipinski definition) is 1. The Morgan fingerprint density at radius 1 is 0.967 bits per heavy atom. The van der Waals surface area contributed by atoms with E-state index in [-0.39, 0.29) is 18.1 Å². The van der Waals surface area contributed by atoms with Crippen LogP contribution in [0.3, 0.4) is 0 Å². The summed E-state index contributed by atoms with van der Waals surface area (Å²) in [6, 6.07) is 15.5. The Morgan fingerprint density at radius 2 is 1.53 bits per heavy atom. The summed E-state index contributed by atoms with van der Waals surface area (Å²) in [6.07, 6.45) is 4.30. The summed E-state index contributed by atoms with van der Waals surface area (Å²) in [5, 5.41) is 13.6. The van der Waals surface area contributed by atoms with Gasteiger partial charge in [0.25, 0.3) is 11.6 Å². The first kappa shape index (κ1) is 20.8. The molecule has 1 heterocycles. The van der Waals surface area contributed by atoms with Crippen LogP contribution in [0, 0.1) is 10.1 Å². The molecule has 1 amide bonds. The number of pyridine rings is 1. The van der Waals surface area contributed by atoms with Crippen LogP contribution in [0.2, 0.25) is 0 Å². The summed E-state index contributed by atoms with van der Waals surface area (Å²) in [5.74, 6) is 0.999. The molecule has 8 heteroatoms. The summed E-state index contributed by atoms with van der Waals surface area (Å²) >= 11 is 0. The van der Waals surface area contributed by atoms with Crippen molar-refractivity contribution < 1.29 is 23.8 Å². The Bertz CT molecular complexity index is 1010. The molecular weight excluding hydrogens is 386 g/mol. The molecule has 0 aliphatic carbocycles. The highest BCUT2D eigenvalue weighted by Gasteiger charge is 2.12. The van der Waals surface area contributed by atoms with E-state index >= 15 is 0 Å². The second-order valence-electron chi connectivity index (χ2n) is 6.63. The van der Waals surface area contributed by atoms with Crippen molar-refractivity contribution >= 4 is 17.3 Å². The Balaban J connectivity index is 1.60. The number of nitrogens with zero attached hydrogens (tertiary/aromatic N) is 2. The smallest absolute Gasteiger partial charge is 0.290 e. The van der Waals surface area contributed by atoms with Crippen molar-refractivity contribution in [2.75, 3.05) is 19.5 Å². The second-order valence-corrected chi connectivity index (χ2v) is 6.63. The summed E-state index contributed by atoms with van der Waals surface area (Å²) in [4.78, 5) is 22.7. The van der Waals surface area contributed by atoms with Crippen molar-refractivity contribution in [2.24, 2.45) is 0 Å². The zero-order valence-corrected chi connectivity index (χ0v) is 16.7. The van der Waals surface area contributed by atoms with Gasteiger partial charge in [-0.3, -0.25) is 14.9 Å².